The topological polar surface area (TPSA) is 57.7 Å². The molecule has 2 atom stereocenters. The van der Waals surface area contributed by atoms with Gasteiger partial charge in [-0.2, -0.15) is 4.39 Å². The van der Waals surface area contributed by atoms with Crippen LogP contribution in [0.15, 0.2) is 6.07 Å². The number of nitrogens with zero attached hydrogens (tertiary/aromatic N) is 3. The second-order valence-electron chi connectivity index (χ2n) is 7.76. The third-order valence-electron chi connectivity index (χ3n) is 4.69. The molecular weight excluding hydrogens is 347 g/mol. The number of hydrogen-bond acceptors (Lipinski definition) is 5. The Kier molecular flexibility index (Phi) is 4.81. The number of aromatic nitrogens is 1. The van der Waals surface area contributed by atoms with E-state index in [9.17, 15) is 9.18 Å². The maximum absolute atomic E-state index is 14.2. The first kappa shape index (κ1) is 18.2. The fraction of sp³-hybridized carbons (Fsp3) is 0.647. The van der Waals surface area contributed by atoms with Gasteiger partial charge in [0.1, 0.15) is 16.4 Å². The Labute approximate surface area is 152 Å². The molecule has 25 heavy (non-hydrogen) atoms. The van der Waals surface area contributed by atoms with Crippen LogP contribution < -0.4 is 10.2 Å². The number of halogens is 2. The van der Waals surface area contributed by atoms with Gasteiger partial charge in [0.05, 0.1) is 5.69 Å². The van der Waals surface area contributed by atoms with E-state index in [-0.39, 0.29) is 10.7 Å². The van der Waals surface area contributed by atoms with Crippen LogP contribution in [0.25, 0.3) is 0 Å². The van der Waals surface area contributed by atoms with Crippen molar-refractivity contribution in [3.05, 3.63) is 17.0 Å². The average molecular weight is 371 g/mol. The molecule has 3 rings (SSSR count). The van der Waals surface area contributed by atoms with Gasteiger partial charge >= 0.3 is 6.09 Å². The third kappa shape index (κ3) is 3.98. The first-order valence-corrected chi connectivity index (χ1v) is 8.83. The molecule has 138 valence electrons. The van der Waals surface area contributed by atoms with Gasteiger partial charge in [-0.25, -0.2) is 9.78 Å². The summed E-state index contributed by atoms with van der Waals surface area (Å²) in [6.45, 7) is 7.98. The molecule has 0 aromatic carbocycles. The molecule has 1 amide bonds. The van der Waals surface area contributed by atoms with E-state index in [1.165, 1.54) is 0 Å². The predicted octanol–water partition coefficient (Wildman–Crippen LogP) is 3.36. The standard InChI is InChI=1S/C17H24ClFN4O2/c1-17(2,3)25-16(24)20-11-7-13(21-15(19)14(11)18)23-8-10-5-6-22(4)12(10)9-23/h7,10,12H,5-6,8-9H2,1-4H3,(H,20,21,24). The lowest BCUT2D eigenvalue weighted by atomic mass is 10.1. The van der Waals surface area contributed by atoms with Gasteiger partial charge < -0.3 is 14.5 Å². The Morgan fingerprint density at radius 1 is 1.44 bits per heavy atom. The summed E-state index contributed by atoms with van der Waals surface area (Å²) in [5.74, 6) is 0.249. The molecule has 0 spiro atoms. The van der Waals surface area contributed by atoms with Crippen molar-refractivity contribution in [2.45, 2.75) is 38.8 Å². The molecular formula is C17H24ClFN4O2. The zero-order valence-corrected chi connectivity index (χ0v) is 15.7. The number of likely N-dealkylation sites (tertiary alicyclic amines) is 1. The summed E-state index contributed by atoms with van der Waals surface area (Å²) in [6, 6.07) is 2.07. The molecule has 0 radical (unpaired) electrons. The van der Waals surface area contributed by atoms with E-state index < -0.39 is 17.6 Å². The maximum Gasteiger partial charge on any atom is 0.412 e. The second-order valence-corrected chi connectivity index (χ2v) is 8.14. The van der Waals surface area contributed by atoms with Gasteiger partial charge in [-0.3, -0.25) is 5.32 Å². The summed E-state index contributed by atoms with van der Waals surface area (Å²) in [4.78, 5) is 20.3. The van der Waals surface area contributed by atoms with Crippen LogP contribution in [0.5, 0.6) is 0 Å². The van der Waals surface area contributed by atoms with Crippen molar-refractivity contribution in [3.63, 3.8) is 0 Å². The molecule has 0 saturated carbocycles. The number of fused-ring (bicyclic) bond motifs is 1. The van der Waals surface area contributed by atoms with E-state index in [2.05, 4.69) is 22.2 Å². The van der Waals surface area contributed by atoms with Crippen molar-refractivity contribution >= 4 is 29.2 Å². The Morgan fingerprint density at radius 3 is 2.80 bits per heavy atom. The normalized spacial score (nSPS) is 23.7. The number of carbonyl (C=O) groups is 1. The van der Waals surface area contributed by atoms with E-state index in [4.69, 9.17) is 16.3 Å². The third-order valence-corrected chi connectivity index (χ3v) is 5.05. The first-order chi connectivity index (χ1) is 11.6. The lowest BCUT2D eigenvalue weighted by Crippen LogP contribution is -2.32. The van der Waals surface area contributed by atoms with Crippen molar-refractivity contribution < 1.29 is 13.9 Å². The Hall–Kier alpha value is -1.60. The van der Waals surface area contributed by atoms with Crippen LogP contribution in [0.3, 0.4) is 0 Å². The van der Waals surface area contributed by atoms with Gasteiger partial charge in [0.2, 0.25) is 5.95 Å². The number of amides is 1. The highest BCUT2D eigenvalue weighted by molar-refractivity contribution is 6.33. The molecule has 6 nitrogen and oxygen atoms in total. The Morgan fingerprint density at radius 2 is 2.16 bits per heavy atom. The molecule has 8 heteroatoms. The van der Waals surface area contributed by atoms with E-state index in [0.717, 1.165) is 26.1 Å². The molecule has 1 N–H and O–H groups in total. The van der Waals surface area contributed by atoms with E-state index in [1.54, 1.807) is 26.8 Å². The van der Waals surface area contributed by atoms with Crippen molar-refractivity contribution in [1.29, 1.82) is 0 Å². The van der Waals surface area contributed by atoms with Gasteiger partial charge in [0.25, 0.3) is 0 Å². The van der Waals surface area contributed by atoms with Crippen molar-refractivity contribution in [1.82, 2.24) is 9.88 Å². The van der Waals surface area contributed by atoms with E-state index in [0.29, 0.717) is 17.8 Å². The summed E-state index contributed by atoms with van der Waals surface area (Å²) in [7, 11) is 2.11. The summed E-state index contributed by atoms with van der Waals surface area (Å²) in [6.07, 6.45) is 0.459. The maximum atomic E-state index is 14.2. The molecule has 3 heterocycles. The number of likely N-dealkylation sites (N-methyl/N-ethyl adjacent to an activating group) is 1. The van der Waals surface area contributed by atoms with Gasteiger partial charge in [0.15, 0.2) is 0 Å². The smallest absolute Gasteiger partial charge is 0.412 e. The minimum absolute atomic E-state index is 0.170. The minimum Gasteiger partial charge on any atom is -0.444 e. The monoisotopic (exact) mass is 370 g/mol. The largest absolute Gasteiger partial charge is 0.444 e. The Balaban J connectivity index is 1.78. The summed E-state index contributed by atoms with van der Waals surface area (Å²) in [5, 5.41) is 2.30. The zero-order valence-electron chi connectivity index (χ0n) is 15.0. The zero-order chi connectivity index (χ0) is 18.4. The highest BCUT2D eigenvalue weighted by Crippen LogP contribution is 2.35. The lowest BCUT2D eigenvalue weighted by molar-refractivity contribution is 0.0636. The number of hydrogen-bond donors (Lipinski definition) is 1. The van der Waals surface area contributed by atoms with Crippen molar-refractivity contribution in [3.8, 4) is 0 Å². The fourth-order valence-electron chi connectivity index (χ4n) is 3.51. The molecule has 2 unspecified atom stereocenters. The van der Waals surface area contributed by atoms with Crippen molar-refractivity contribution in [2.24, 2.45) is 5.92 Å². The quantitative estimate of drug-likeness (QED) is 0.809. The van der Waals surface area contributed by atoms with Crippen LogP contribution >= 0.6 is 11.6 Å². The minimum atomic E-state index is -0.796. The predicted molar refractivity (Wildman–Crippen MR) is 95.8 cm³/mol. The van der Waals surface area contributed by atoms with E-state index in [1.807, 2.05) is 4.90 Å². The summed E-state index contributed by atoms with van der Waals surface area (Å²) >= 11 is 5.97. The molecule has 2 aliphatic rings. The van der Waals surface area contributed by atoms with Crippen LogP contribution in [-0.2, 0) is 4.74 Å². The molecule has 2 saturated heterocycles. The second kappa shape index (κ2) is 6.61. The number of nitrogens with one attached hydrogen (secondary N) is 1. The number of anilines is 2. The van der Waals surface area contributed by atoms with E-state index >= 15 is 0 Å². The van der Waals surface area contributed by atoms with Crippen LogP contribution in [0.1, 0.15) is 27.2 Å². The Bertz CT molecular complexity index is 679. The van der Waals surface area contributed by atoms with Gasteiger partial charge in [0, 0.05) is 25.2 Å². The molecule has 0 aliphatic carbocycles. The molecule has 2 fully saturated rings. The lowest BCUT2D eigenvalue weighted by Gasteiger charge is -2.23. The van der Waals surface area contributed by atoms with Crippen LogP contribution in [0.2, 0.25) is 5.02 Å². The van der Waals surface area contributed by atoms with Gasteiger partial charge in [-0.05, 0) is 46.7 Å². The number of rotatable bonds is 2. The average Bonchev–Trinajstić information content (AvgIpc) is 3.04. The molecule has 2 aliphatic heterocycles. The van der Waals surface area contributed by atoms with Crippen LogP contribution in [0.4, 0.5) is 20.7 Å². The molecule has 1 aromatic heterocycles. The van der Waals surface area contributed by atoms with Crippen LogP contribution in [0, 0.1) is 11.9 Å². The van der Waals surface area contributed by atoms with Crippen LogP contribution in [-0.4, -0.2) is 54.3 Å². The number of carbonyl (C=O) groups excluding carboxylic acids is 1. The summed E-state index contributed by atoms with van der Waals surface area (Å²) in [5.41, 5.74) is -0.481. The number of pyridine rings is 1. The molecule has 1 aromatic rings. The molecule has 0 bridgehead atoms. The highest BCUT2D eigenvalue weighted by atomic mass is 35.5. The highest BCUT2D eigenvalue weighted by Gasteiger charge is 2.40. The fourth-order valence-corrected chi connectivity index (χ4v) is 3.66. The number of ether oxygens (including phenoxy) is 1. The SMILES string of the molecule is CN1CCC2CN(c3cc(NC(=O)OC(C)(C)C)c(Cl)c(F)n3)CC21. The van der Waals surface area contributed by atoms with Gasteiger partial charge in [-0.1, -0.05) is 11.6 Å². The first-order valence-electron chi connectivity index (χ1n) is 8.45. The summed E-state index contributed by atoms with van der Waals surface area (Å²) < 4.78 is 19.4. The van der Waals surface area contributed by atoms with Crippen molar-refractivity contribution in [2.75, 3.05) is 36.9 Å². The van der Waals surface area contributed by atoms with Gasteiger partial charge in [-0.15, -0.1) is 0 Å².